The van der Waals surface area contributed by atoms with Crippen LogP contribution in [-0.2, 0) is 11.2 Å². The largest absolute Gasteiger partial charge is 0.454 e. The zero-order valence-electron chi connectivity index (χ0n) is 17.1. The van der Waals surface area contributed by atoms with E-state index in [9.17, 15) is 14.4 Å². The highest BCUT2D eigenvalue weighted by Gasteiger charge is 2.21. The van der Waals surface area contributed by atoms with Crippen molar-refractivity contribution in [3.63, 3.8) is 0 Å². The summed E-state index contributed by atoms with van der Waals surface area (Å²) in [5, 5.41) is 0.806. The topological polar surface area (TPSA) is 76.2 Å². The van der Waals surface area contributed by atoms with Gasteiger partial charge >= 0.3 is 5.97 Å². The van der Waals surface area contributed by atoms with Crippen LogP contribution in [0.2, 0.25) is 0 Å². The first-order valence-corrected chi connectivity index (χ1v) is 10.1. The zero-order chi connectivity index (χ0) is 21.8. The third kappa shape index (κ3) is 4.03. The van der Waals surface area contributed by atoms with Crippen molar-refractivity contribution < 1.29 is 19.1 Å². The van der Waals surface area contributed by atoms with Crippen LogP contribution in [0.1, 0.15) is 49.1 Å². The van der Waals surface area contributed by atoms with E-state index in [2.05, 4.69) is 4.98 Å². The monoisotopic (exact) mass is 411 g/mol. The molecule has 0 saturated carbocycles. The van der Waals surface area contributed by atoms with Crippen LogP contribution < -0.4 is 0 Å². The zero-order valence-corrected chi connectivity index (χ0v) is 17.1. The Morgan fingerprint density at radius 3 is 2.26 bits per heavy atom. The van der Waals surface area contributed by atoms with Gasteiger partial charge in [-0.25, -0.2) is 4.79 Å². The molecular formula is C26H21NO4. The van der Waals surface area contributed by atoms with Crippen molar-refractivity contribution in [2.45, 2.75) is 13.3 Å². The summed E-state index contributed by atoms with van der Waals surface area (Å²) < 4.78 is 5.29. The van der Waals surface area contributed by atoms with Crippen molar-refractivity contribution >= 4 is 28.4 Å². The molecule has 0 atom stereocenters. The number of rotatable bonds is 7. The molecule has 3 aromatic carbocycles. The van der Waals surface area contributed by atoms with E-state index >= 15 is 0 Å². The summed E-state index contributed by atoms with van der Waals surface area (Å²) in [6.45, 7) is 1.64. The molecule has 5 heteroatoms. The molecule has 4 aromatic rings. The number of Topliss-reactive ketones (excluding diaryl/α,β-unsaturated/α-hetero) is 1. The molecule has 0 radical (unpaired) electrons. The van der Waals surface area contributed by atoms with Crippen LogP contribution in [0.5, 0.6) is 0 Å². The molecule has 154 valence electrons. The van der Waals surface area contributed by atoms with E-state index in [-0.39, 0.29) is 22.7 Å². The maximum atomic E-state index is 12.8. The maximum Gasteiger partial charge on any atom is 0.339 e. The molecule has 0 amide bonds. The van der Waals surface area contributed by atoms with E-state index in [1.165, 1.54) is 6.07 Å². The first-order chi connectivity index (χ1) is 15.1. The van der Waals surface area contributed by atoms with Gasteiger partial charge in [0, 0.05) is 33.8 Å². The van der Waals surface area contributed by atoms with E-state index < -0.39 is 12.6 Å². The van der Waals surface area contributed by atoms with Crippen molar-refractivity contribution in [2.75, 3.05) is 6.61 Å². The summed E-state index contributed by atoms with van der Waals surface area (Å²) in [5.74, 6) is -1.29. The number of aromatic amines is 1. The molecule has 31 heavy (non-hydrogen) atoms. The average molecular weight is 411 g/mol. The van der Waals surface area contributed by atoms with Gasteiger partial charge in [-0.3, -0.25) is 9.59 Å². The Morgan fingerprint density at radius 1 is 0.806 bits per heavy atom. The Morgan fingerprint density at radius 2 is 1.52 bits per heavy atom. The summed E-state index contributed by atoms with van der Waals surface area (Å²) in [7, 11) is 0. The van der Waals surface area contributed by atoms with Crippen molar-refractivity contribution in [3.8, 4) is 0 Å². The van der Waals surface area contributed by atoms with Crippen LogP contribution >= 0.6 is 0 Å². The first kappa shape index (κ1) is 20.3. The van der Waals surface area contributed by atoms with Gasteiger partial charge in [-0.1, -0.05) is 73.7 Å². The number of benzene rings is 3. The Hall–Kier alpha value is -3.99. The molecule has 0 saturated heterocycles. The minimum atomic E-state index is -0.706. The lowest BCUT2D eigenvalue weighted by Crippen LogP contribution is -2.17. The van der Waals surface area contributed by atoms with E-state index in [0.717, 1.165) is 22.9 Å². The van der Waals surface area contributed by atoms with Gasteiger partial charge in [0.05, 0.1) is 5.56 Å². The fourth-order valence-electron chi connectivity index (χ4n) is 3.63. The van der Waals surface area contributed by atoms with Gasteiger partial charge in [0.2, 0.25) is 5.78 Å². The summed E-state index contributed by atoms with van der Waals surface area (Å²) in [5.41, 5.74) is 3.36. The fraction of sp³-hybridized carbons (Fsp3) is 0.115. The second-order valence-corrected chi connectivity index (χ2v) is 7.14. The maximum absolute atomic E-state index is 12.8. The van der Waals surface area contributed by atoms with Crippen LogP contribution in [0.15, 0.2) is 79.0 Å². The SMILES string of the molecule is CCc1cccc2c(C(=O)COC(=O)c3ccccc3C(=O)c3ccccc3)c[nH]c12. The molecule has 0 aliphatic rings. The van der Waals surface area contributed by atoms with Crippen LogP contribution in [0.25, 0.3) is 10.9 Å². The second kappa shape index (κ2) is 8.79. The molecule has 1 heterocycles. The van der Waals surface area contributed by atoms with Gasteiger partial charge < -0.3 is 9.72 Å². The van der Waals surface area contributed by atoms with Crippen molar-refractivity contribution in [1.82, 2.24) is 4.98 Å². The summed E-state index contributed by atoms with van der Waals surface area (Å²) >= 11 is 0. The average Bonchev–Trinajstić information content (AvgIpc) is 3.27. The smallest absolute Gasteiger partial charge is 0.339 e. The number of fused-ring (bicyclic) bond motifs is 1. The number of H-pyrrole nitrogens is 1. The number of esters is 1. The van der Waals surface area contributed by atoms with Gasteiger partial charge in [-0.15, -0.1) is 0 Å². The normalized spacial score (nSPS) is 10.7. The quantitative estimate of drug-likeness (QED) is 0.343. The third-order valence-electron chi connectivity index (χ3n) is 5.25. The van der Waals surface area contributed by atoms with Crippen molar-refractivity contribution in [3.05, 3.63) is 107 Å². The van der Waals surface area contributed by atoms with E-state index in [4.69, 9.17) is 4.74 Å². The predicted molar refractivity (Wildman–Crippen MR) is 119 cm³/mol. The van der Waals surface area contributed by atoms with Gasteiger partial charge in [0.25, 0.3) is 0 Å². The Bertz CT molecular complexity index is 1270. The minimum absolute atomic E-state index is 0.136. The molecule has 5 nitrogen and oxygen atoms in total. The fourth-order valence-corrected chi connectivity index (χ4v) is 3.63. The van der Waals surface area contributed by atoms with Gasteiger partial charge in [0.1, 0.15) is 0 Å². The molecule has 0 bridgehead atoms. The lowest BCUT2D eigenvalue weighted by molar-refractivity contribution is 0.0473. The number of aromatic nitrogens is 1. The minimum Gasteiger partial charge on any atom is -0.454 e. The van der Waals surface area contributed by atoms with E-state index in [1.54, 1.807) is 48.7 Å². The molecule has 0 unspecified atom stereocenters. The summed E-state index contributed by atoms with van der Waals surface area (Å²) in [4.78, 5) is 41.4. The van der Waals surface area contributed by atoms with Crippen molar-refractivity contribution in [2.24, 2.45) is 0 Å². The number of ether oxygens (including phenoxy) is 1. The number of carbonyl (C=O) groups excluding carboxylic acids is 3. The number of ketones is 2. The Kier molecular flexibility index (Phi) is 5.76. The van der Waals surface area contributed by atoms with Crippen molar-refractivity contribution in [1.29, 1.82) is 0 Å². The first-order valence-electron chi connectivity index (χ1n) is 10.1. The number of hydrogen-bond donors (Lipinski definition) is 1. The van der Waals surface area contributed by atoms with E-state index in [1.807, 2.05) is 31.2 Å². The number of hydrogen-bond acceptors (Lipinski definition) is 4. The molecule has 1 aromatic heterocycles. The second-order valence-electron chi connectivity index (χ2n) is 7.14. The number of aryl methyl sites for hydroxylation is 1. The summed E-state index contributed by atoms with van der Waals surface area (Å²) in [6, 6.07) is 21.0. The Balaban J connectivity index is 1.53. The number of para-hydroxylation sites is 1. The highest BCUT2D eigenvalue weighted by molar-refractivity contribution is 6.15. The molecule has 0 spiro atoms. The van der Waals surface area contributed by atoms with Gasteiger partial charge in [0.15, 0.2) is 12.4 Å². The lowest BCUT2D eigenvalue weighted by atomic mass is 9.98. The van der Waals surface area contributed by atoms with E-state index in [0.29, 0.717) is 11.1 Å². The lowest BCUT2D eigenvalue weighted by Gasteiger charge is -2.09. The molecule has 4 rings (SSSR count). The van der Waals surface area contributed by atoms with Crippen LogP contribution in [0.4, 0.5) is 0 Å². The van der Waals surface area contributed by atoms with Crippen LogP contribution in [0, 0.1) is 0 Å². The highest BCUT2D eigenvalue weighted by atomic mass is 16.5. The highest BCUT2D eigenvalue weighted by Crippen LogP contribution is 2.23. The standard InChI is InChI=1S/C26H21NO4/c1-2-17-11-8-14-19-22(15-27-24(17)19)23(28)16-31-26(30)21-13-7-6-12-20(21)25(29)18-9-4-3-5-10-18/h3-15,27H,2,16H2,1H3. The van der Waals surface area contributed by atoms with Crippen LogP contribution in [0.3, 0.4) is 0 Å². The van der Waals surface area contributed by atoms with Crippen LogP contribution in [-0.4, -0.2) is 29.1 Å². The molecule has 0 fully saturated rings. The number of nitrogens with one attached hydrogen (secondary N) is 1. The van der Waals surface area contributed by atoms with Gasteiger partial charge in [-0.05, 0) is 18.1 Å². The summed E-state index contributed by atoms with van der Waals surface area (Å²) in [6.07, 6.45) is 2.49. The number of carbonyl (C=O) groups is 3. The molecular weight excluding hydrogens is 390 g/mol. The predicted octanol–water partition coefficient (Wildman–Crippen LogP) is 5.00. The molecule has 1 N–H and O–H groups in total. The molecule has 0 aliphatic carbocycles. The molecule has 0 aliphatic heterocycles. The van der Waals surface area contributed by atoms with Gasteiger partial charge in [-0.2, -0.15) is 0 Å². The Labute approximate surface area is 179 Å². The third-order valence-corrected chi connectivity index (χ3v) is 5.25.